The number of hydrogen-bond acceptors (Lipinski definition) is 5. The Labute approximate surface area is 145 Å². The van der Waals surface area contributed by atoms with Gasteiger partial charge in [-0.3, -0.25) is 5.32 Å². The number of nitrogens with one attached hydrogen (secondary N) is 1. The lowest BCUT2D eigenvalue weighted by Crippen LogP contribution is -2.22. The van der Waals surface area contributed by atoms with Crippen molar-refractivity contribution in [3.05, 3.63) is 71.7 Å². The minimum Gasteiger partial charge on any atom is -0.454 e. The van der Waals surface area contributed by atoms with Crippen molar-refractivity contribution >= 4 is 0 Å². The van der Waals surface area contributed by atoms with Gasteiger partial charge in [0.15, 0.2) is 11.6 Å². The first kappa shape index (κ1) is 17.1. The highest BCUT2D eigenvalue weighted by Gasteiger charge is 2.17. The standard InChI is InChI=1S/C19H20FN3O2/c1-12(21-13(2)19-23-22-14(3)24-19)15-9-10-18(17(20)11-15)25-16-7-5-4-6-8-16/h4-13,21H,1-3H3. The smallest absolute Gasteiger partial charge is 0.233 e. The van der Waals surface area contributed by atoms with Crippen molar-refractivity contribution in [3.8, 4) is 11.5 Å². The fourth-order valence-electron chi connectivity index (χ4n) is 2.51. The van der Waals surface area contributed by atoms with E-state index in [0.717, 1.165) is 5.56 Å². The number of benzene rings is 2. The molecular formula is C19H20FN3O2. The predicted molar refractivity (Wildman–Crippen MR) is 91.9 cm³/mol. The van der Waals surface area contributed by atoms with E-state index in [9.17, 15) is 4.39 Å². The van der Waals surface area contributed by atoms with Crippen LogP contribution in [0.5, 0.6) is 11.5 Å². The number of nitrogens with zero attached hydrogens (tertiary/aromatic N) is 2. The molecule has 0 bridgehead atoms. The Kier molecular flexibility index (Phi) is 5.09. The molecule has 25 heavy (non-hydrogen) atoms. The van der Waals surface area contributed by atoms with Crippen LogP contribution in [0.4, 0.5) is 4.39 Å². The van der Waals surface area contributed by atoms with Gasteiger partial charge in [0, 0.05) is 13.0 Å². The van der Waals surface area contributed by atoms with E-state index in [4.69, 9.17) is 9.15 Å². The minimum absolute atomic E-state index is 0.0949. The number of halogens is 1. The normalized spacial score (nSPS) is 13.4. The number of hydrogen-bond donors (Lipinski definition) is 1. The molecule has 0 aliphatic heterocycles. The summed E-state index contributed by atoms with van der Waals surface area (Å²) in [6.07, 6.45) is 0. The largest absolute Gasteiger partial charge is 0.454 e. The third-order valence-corrected chi connectivity index (χ3v) is 3.84. The van der Waals surface area contributed by atoms with E-state index < -0.39 is 5.82 Å². The van der Waals surface area contributed by atoms with Crippen LogP contribution in [-0.4, -0.2) is 10.2 Å². The zero-order valence-electron chi connectivity index (χ0n) is 14.4. The van der Waals surface area contributed by atoms with Crippen LogP contribution in [0.15, 0.2) is 52.9 Å². The molecule has 0 fully saturated rings. The Morgan fingerprint density at radius 1 is 1.04 bits per heavy atom. The number of aryl methyl sites for hydroxylation is 1. The van der Waals surface area contributed by atoms with Crippen LogP contribution in [0.25, 0.3) is 0 Å². The second-order valence-corrected chi connectivity index (χ2v) is 5.87. The molecule has 1 aromatic heterocycles. The van der Waals surface area contributed by atoms with E-state index in [1.165, 1.54) is 6.07 Å². The summed E-state index contributed by atoms with van der Waals surface area (Å²) < 4.78 is 25.3. The highest BCUT2D eigenvalue weighted by atomic mass is 19.1. The van der Waals surface area contributed by atoms with Gasteiger partial charge in [-0.1, -0.05) is 24.3 Å². The average molecular weight is 341 g/mol. The van der Waals surface area contributed by atoms with Gasteiger partial charge < -0.3 is 9.15 Å². The molecule has 6 heteroatoms. The molecule has 130 valence electrons. The maximum atomic E-state index is 14.4. The fourth-order valence-corrected chi connectivity index (χ4v) is 2.51. The molecule has 0 saturated heterocycles. The van der Waals surface area contributed by atoms with Gasteiger partial charge in [-0.25, -0.2) is 4.39 Å². The second-order valence-electron chi connectivity index (χ2n) is 5.87. The van der Waals surface area contributed by atoms with Crippen molar-refractivity contribution in [3.63, 3.8) is 0 Å². The molecule has 1 N–H and O–H groups in total. The molecular weight excluding hydrogens is 321 g/mol. The molecule has 2 aromatic carbocycles. The van der Waals surface area contributed by atoms with E-state index in [0.29, 0.717) is 17.5 Å². The third kappa shape index (κ3) is 4.22. The van der Waals surface area contributed by atoms with E-state index in [2.05, 4.69) is 15.5 Å². The van der Waals surface area contributed by atoms with E-state index in [1.807, 2.05) is 38.1 Å². The lowest BCUT2D eigenvalue weighted by molar-refractivity contribution is 0.379. The molecule has 2 atom stereocenters. The maximum Gasteiger partial charge on any atom is 0.233 e. The van der Waals surface area contributed by atoms with Crippen molar-refractivity contribution < 1.29 is 13.5 Å². The first-order chi connectivity index (χ1) is 12.0. The zero-order valence-corrected chi connectivity index (χ0v) is 14.4. The number of aromatic nitrogens is 2. The summed E-state index contributed by atoms with van der Waals surface area (Å²) in [5.74, 6) is 1.42. The molecule has 0 radical (unpaired) electrons. The van der Waals surface area contributed by atoms with Crippen LogP contribution in [-0.2, 0) is 0 Å². The molecule has 0 saturated carbocycles. The number of para-hydroxylation sites is 1. The van der Waals surface area contributed by atoms with Crippen LogP contribution in [0, 0.1) is 12.7 Å². The Balaban J connectivity index is 1.69. The summed E-state index contributed by atoms with van der Waals surface area (Å²) in [5, 5.41) is 11.1. The van der Waals surface area contributed by atoms with Gasteiger partial charge in [0.05, 0.1) is 6.04 Å². The maximum absolute atomic E-state index is 14.4. The van der Waals surface area contributed by atoms with Crippen LogP contribution in [0.2, 0.25) is 0 Å². The first-order valence-corrected chi connectivity index (χ1v) is 8.11. The highest BCUT2D eigenvalue weighted by molar-refractivity contribution is 5.35. The summed E-state index contributed by atoms with van der Waals surface area (Å²) >= 11 is 0. The van der Waals surface area contributed by atoms with Crippen molar-refractivity contribution in [2.45, 2.75) is 32.9 Å². The van der Waals surface area contributed by atoms with E-state index in [-0.39, 0.29) is 17.8 Å². The monoisotopic (exact) mass is 341 g/mol. The van der Waals surface area contributed by atoms with Crippen molar-refractivity contribution in [1.82, 2.24) is 15.5 Å². The molecule has 0 amide bonds. The fraction of sp³-hybridized carbons (Fsp3) is 0.263. The molecule has 3 aromatic rings. The summed E-state index contributed by atoms with van der Waals surface area (Å²) in [7, 11) is 0. The van der Waals surface area contributed by atoms with Crippen molar-refractivity contribution in [2.24, 2.45) is 0 Å². The van der Waals surface area contributed by atoms with E-state index in [1.54, 1.807) is 25.1 Å². The van der Waals surface area contributed by atoms with E-state index >= 15 is 0 Å². The van der Waals surface area contributed by atoms with Gasteiger partial charge in [-0.05, 0) is 43.7 Å². The molecule has 0 aliphatic carbocycles. The van der Waals surface area contributed by atoms with Gasteiger partial charge in [-0.15, -0.1) is 10.2 Å². The van der Waals surface area contributed by atoms with Gasteiger partial charge in [0.1, 0.15) is 5.75 Å². The summed E-state index contributed by atoms with van der Waals surface area (Å²) in [6, 6.07) is 13.8. The molecule has 2 unspecified atom stereocenters. The number of rotatable bonds is 6. The Morgan fingerprint density at radius 2 is 1.80 bits per heavy atom. The second kappa shape index (κ2) is 7.44. The van der Waals surface area contributed by atoms with Gasteiger partial charge >= 0.3 is 0 Å². The average Bonchev–Trinajstić information content (AvgIpc) is 3.04. The molecule has 0 spiro atoms. The molecule has 1 heterocycles. The lowest BCUT2D eigenvalue weighted by Gasteiger charge is -2.18. The molecule has 3 rings (SSSR count). The van der Waals surface area contributed by atoms with Gasteiger partial charge in [0.2, 0.25) is 11.8 Å². The summed E-state index contributed by atoms with van der Waals surface area (Å²) in [6.45, 7) is 5.62. The predicted octanol–water partition coefficient (Wildman–Crippen LogP) is 4.72. The summed E-state index contributed by atoms with van der Waals surface area (Å²) in [4.78, 5) is 0. The number of ether oxygens (including phenoxy) is 1. The Hall–Kier alpha value is -2.73. The topological polar surface area (TPSA) is 60.2 Å². The van der Waals surface area contributed by atoms with Crippen LogP contribution in [0.3, 0.4) is 0 Å². The van der Waals surface area contributed by atoms with Crippen LogP contribution >= 0.6 is 0 Å². The van der Waals surface area contributed by atoms with Crippen LogP contribution < -0.4 is 10.1 Å². The lowest BCUT2D eigenvalue weighted by atomic mass is 10.1. The highest BCUT2D eigenvalue weighted by Crippen LogP contribution is 2.27. The molecule has 5 nitrogen and oxygen atoms in total. The SMILES string of the molecule is Cc1nnc(C(C)NC(C)c2ccc(Oc3ccccc3)c(F)c2)o1. The van der Waals surface area contributed by atoms with Gasteiger partial charge in [-0.2, -0.15) is 0 Å². The molecule has 0 aliphatic rings. The Bertz CT molecular complexity index is 836. The van der Waals surface area contributed by atoms with Crippen molar-refractivity contribution in [2.75, 3.05) is 0 Å². The van der Waals surface area contributed by atoms with Crippen LogP contribution in [0.1, 0.15) is 43.3 Å². The third-order valence-electron chi connectivity index (χ3n) is 3.84. The summed E-state index contributed by atoms with van der Waals surface area (Å²) in [5.41, 5.74) is 0.806. The first-order valence-electron chi connectivity index (χ1n) is 8.11. The quantitative estimate of drug-likeness (QED) is 0.703. The minimum atomic E-state index is -0.406. The Morgan fingerprint density at radius 3 is 2.44 bits per heavy atom. The van der Waals surface area contributed by atoms with Crippen molar-refractivity contribution in [1.29, 1.82) is 0 Å². The van der Waals surface area contributed by atoms with Gasteiger partial charge in [0.25, 0.3) is 0 Å². The zero-order chi connectivity index (χ0) is 17.8.